The molecule has 2 atom stereocenters. The highest BCUT2D eigenvalue weighted by molar-refractivity contribution is 5.81. The second-order valence-corrected chi connectivity index (χ2v) is 6.51. The Hall–Kier alpha value is -2.44. The molecule has 1 saturated heterocycles. The van der Waals surface area contributed by atoms with Gasteiger partial charge >= 0.3 is 0 Å². The lowest BCUT2D eigenvalue weighted by Crippen LogP contribution is -2.16. The van der Waals surface area contributed by atoms with E-state index in [9.17, 15) is 4.79 Å². The Bertz CT molecular complexity index is 741. The van der Waals surface area contributed by atoms with Gasteiger partial charge in [0.1, 0.15) is 5.78 Å². The third-order valence-corrected chi connectivity index (χ3v) is 4.66. The van der Waals surface area contributed by atoms with Crippen LogP contribution in [0.3, 0.4) is 0 Å². The van der Waals surface area contributed by atoms with Crippen molar-refractivity contribution in [3.05, 3.63) is 76.6 Å². The molecule has 0 saturated carbocycles. The molecule has 2 aromatic rings. The number of ketones is 1. The number of carbonyl (C=O) groups excluding carboxylic acids is 1. The lowest BCUT2D eigenvalue weighted by molar-refractivity contribution is -0.119. The standard InChI is InChI=1S/C21H21NO2/c1-15-3-7-17(8-4-15)21-14-24-13-18(21)12-20(23)11-16-5-9-19(22-2)10-6-16/h3-10,18,21H,11-14H2,1H3/t18-,21?/m0/s1. The Morgan fingerprint density at radius 1 is 1.12 bits per heavy atom. The highest BCUT2D eigenvalue weighted by Gasteiger charge is 2.31. The van der Waals surface area contributed by atoms with Gasteiger partial charge in [0.05, 0.1) is 19.8 Å². The summed E-state index contributed by atoms with van der Waals surface area (Å²) in [6, 6.07) is 15.8. The zero-order chi connectivity index (χ0) is 16.9. The average Bonchev–Trinajstić information content (AvgIpc) is 3.04. The summed E-state index contributed by atoms with van der Waals surface area (Å²) in [5.74, 6) is 0.792. The fourth-order valence-electron chi connectivity index (χ4n) is 3.26. The summed E-state index contributed by atoms with van der Waals surface area (Å²) < 4.78 is 5.65. The van der Waals surface area contributed by atoms with Crippen molar-refractivity contribution in [1.82, 2.24) is 0 Å². The molecular formula is C21H21NO2. The molecule has 0 bridgehead atoms. The third kappa shape index (κ3) is 3.90. The van der Waals surface area contributed by atoms with Gasteiger partial charge in [-0.1, -0.05) is 54.1 Å². The summed E-state index contributed by atoms with van der Waals surface area (Å²) >= 11 is 0. The molecule has 0 spiro atoms. The monoisotopic (exact) mass is 319 g/mol. The number of carbonyl (C=O) groups is 1. The van der Waals surface area contributed by atoms with E-state index in [1.807, 2.05) is 12.1 Å². The van der Waals surface area contributed by atoms with Crippen molar-refractivity contribution in [2.75, 3.05) is 13.2 Å². The Kier molecular flexibility index (Phi) is 5.08. The number of hydrogen-bond donors (Lipinski definition) is 0. The van der Waals surface area contributed by atoms with Crippen LogP contribution in [0.1, 0.15) is 29.0 Å². The van der Waals surface area contributed by atoms with Crippen LogP contribution in [-0.2, 0) is 16.0 Å². The van der Waals surface area contributed by atoms with E-state index in [0.29, 0.717) is 37.7 Å². The SMILES string of the molecule is [C-]#[N+]c1ccc(CC(=O)C[C@H]2COCC2c2ccc(C)cc2)cc1. The van der Waals surface area contributed by atoms with Crippen molar-refractivity contribution in [3.8, 4) is 0 Å². The second-order valence-electron chi connectivity index (χ2n) is 6.51. The molecule has 1 fully saturated rings. The van der Waals surface area contributed by atoms with Crippen molar-refractivity contribution in [1.29, 1.82) is 0 Å². The summed E-state index contributed by atoms with van der Waals surface area (Å²) in [5.41, 5.74) is 4.08. The molecule has 1 aliphatic heterocycles. The Morgan fingerprint density at radius 2 is 1.83 bits per heavy atom. The largest absolute Gasteiger partial charge is 0.380 e. The smallest absolute Gasteiger partial charge is 0.187 e. The zero-order valence-corrected chi connectivity index (χ0v) is 13.9. The van der Waals surface area contributed by atoms with Gasteiger partial charge in [-0.3, -0.25) is 4.79 Å². The predicted octanol–water partition coefficient (Wildman–Crippen LogP) is 4.48. The topological polar surface area (TPSA) is 30.7 Å². The minimum atomic E-state index is 0.234. The number of ether oxygens (including phenoxy) is 1. The Balaban J connectivity index is 1.62. The first-order chi connectivity index (χ1) is 11.7. The molecule has 0 amide bonds. The van der Waals surface area contributed by atoms with Crippen molar-refractivity contribution in [2.45, 2.75) is 25.7 Å². The van der Waals surface area contributed by atoms with Crippen LogP contribution >= 0.6 is 0 Å². The maximum Gasteiger partial charge on any atom is 0.187 e. The maximum atomic E-state index is 12.4. The summed E-state index contributed by atoms with van der Waals surface area (Å²) in [6.07, 6.45) is 0.971. The zero-order valence-electron chi connectivity index (χ0n) is 13.9. The third-order valence-electron chi connectivity index (χ3n) is 4.66. The lowest BCUT2D eigenvalue weighted by atomic mass is 9.84. The summed E-state index contributed by atoms with van der Waals surface area (Å²) in [7, 11) is 0. The van der Waals surface area contributed by atoms with Crippen LogP contribution in [0.15, 0.2) is 48.5 Å². The van der Waals surface area contributed by atoms with E-state index in [2.05, 4.69) is 36.0 Å². The summed E-state index contributed by atoms with van der Waals surface area (Å²) in [4.78, 5) is 15.8. The lowest BCUT2D eigenvalue weighted by Gasteiger charge is -2.17. The minimum Gasteiger partial charge on any atom is -0.380 e. The number of Topliss-reactive ketones (excluding diaryl/α,β-unsaturated/α-hetero) is 1. The molecule has 0 radical (unpaired) electrons. The number of aryl methyl sites for hydroxylation is 1. The predicted molar refractivity (Wildman–Crippen MR) is 94.3 cm³/mol. The number of nitrogens with zero attached hydrogens (tertiary/aromatic N) is 1. The fraction of sp³-hybridized carbons (Fsp3) is 0.333. The van der Waals surface area contributed by atoms with Crippen LogP contribution in [0.2, 0.25) is 0 Å². The molecule has 2 aromatic carbocycles. The van der Waals surface area contributed by atoms with Crippen LogP contribution in [0, 0.1) is 19.4 Å². The highest BCUT2D eigenvalue weighted by atomic mass is 16.5. The molecule has 1 heterocycles. The molecule has 1 unspecified atom stereocenters. The van der Waals surface area contributed by atoms with Gasteiger partial charge in [-0.2, -0.15) is 0 Å². The van der Waals surface area contributed by atoms with Gasteiger partial charge in [-0.25, -0.2) is 4.85 Å². The van der Waals surface area contributed by atoms with Crippen LogP contribution in [-0.4, -0.2) is 19.0 Å². The minimum absolute atomic E-state index is 0.234. The first-order valence-electron chi connectivity index (χ1n) is 8.28. The number of hydrogen-bond acceptors (Lipinski definition) is 2. The van der Waals surface area contributed by atoms with E-state index in [0.717, 1.165) is 5.56 Å². The second kappa shape index (κ2) is 7.42. The van der Waals surface area contributed by atoms with Crippen molar-refractivity contribution in [2.24, 2.45) is 5.92 Å². The molecule has 3 rings (SSSR count). The molecular weight excluding hydrogens is 298 g/mol. The van der Waals surface area contributed by atoms with Crippen LogP contribution in [0.4, 0.5) is 5.69 Å². The molecule has 1 aliphatic rings. The van der Waals surface area contributed by atoms with Gasteiger partial charge in [-0.15, -0.1) is 0 Å². The van der Waals surface area contributed by atoms with E-state index < -0.39 is 0 Å². The quantitative estimate of drug-likeness (QED) is 0.761. The van der Waals surface area contributed by atoms with E-state index in [4.69, 9.17) is 11.3 Å². The van der Waals surface area contributed by atoms with Gasteiger partial charge in [0, 0.05) is 18.8 Å². The molecule has 122 valence electrons. The van der Waals surface area contributed by atoms with Gasteiger partial charge in [-0.05, 0) is 24.0 Å². The van der Waals surface area contributed by atoms with Crippen molar-refractivity contribution >= 4 is 11.5 Å². The number of rotatable bonds is 5. The van der Waals surface area contributed by atoms with E-state index in [1.165, 1.54) is 11.1 Å². The van der Waals surface area contributed by atoms with Gasteiger partial charge < -0.3 is 4.74 Å². The first kappa shape index (κ1) is 16.4. The molecule has 0 aromatic heterocycles. The van der Waals surface area contributed by atoms with Crippen LogP contribution in [0.5, 0.6) is 0 Å². The first-order valence-corrected chi connectivity index (χ1v) is 8.28. The normalized spacial score (nSPS) is 19.8. The Morgan fingerprint density at radius 3 is 2.50 bits per heavy atom. The van der Waals surface area contributed by atoms with Gasteiger partial charge in [0.15, 0.2) is 5.69 Å². The van der Waals surface area contributed by atoms with Crippen LogP contribution < -0.4 is 0 Å². The highest BCUT2D eigenvalue weighted by Crippen LogP contribution is 2.33. The summed E-state index contributed by atoms with van der Waals surface area (Å²) in [5, 5.41) is 0. The number of benzene rings is 2. The van der Waals surface area contributed by atoms with Crippen molar-refractivity contribution in [3.63, 3.8) is 0 Å². The molecule has 3 nitrogen and oxygen atoms in total. The molecule has 24 heavy (non-hydrogen) atoms. The molecule has 0 aliphatic carbocycles. The van der Waals surface area contributed by atoms with E-state index in [-0.39, 0.29) is 11.7 Å². The summed E-state index contributed by atoms with van der Waals surface area (Å²) in [6.45, 7) is 10.4. The van der Waals surface area contributed by atoms with Gasteiger partial charge in [0.25, 0.3) is 0 Å². The molecule has 0 N–H and O–H groups in total. The van der Waals surface area contributed by atoms with Crippen LogP contribution in [0.25, 0.3) is 4.85 Å². The van der Waals surface area contributed by atoms with E-state index in [1.54, 1.807) is 12.1 Å². The fourth-order valence-corrected chi connectivity index (χ4v) is 3.26. The average molecular weight is 319 g/mol. The van der Waals surface area contributed by atoms with E-state index >= 15 is 0 Å². The maximum absolute atomic E-state index is 12.4. The van der Waals surface area contributed by atoms with Crippen molar-refractivity contribution < 1.29 is 9.53 Å². The Labute approximate surface area is 143 Å². The molecule has 3 heteroatoms. The van der Waals surface area contributed by atoms with Gasteiger partial charge in [0.2, 0.25) is 0 Å².